The molecule has 0 bridgehead atoms. The van der Waals surface area contributed by atoms with Gasteiger partial charge in [0, 0.05) is 33.0 Å². The Morgan fingerprint density at radius 1 is 0.405 bits per heavy atom. The van der Waals surface area contributed by atoms with Crippen molar-refractivity contribution in [2.45, 2.75) is 0 Å². The third-order valence-electron chi connectivity index (χ3n) is 7.78. The molecule has 0 aliphatic carbocycles. The molecule has 0 aliphatic heterocycles. The fraction of sp³-hybridized carbons (Fsp3) is 0. The summed E-state index contributed by atoms with van der Waals surface area (Å²) < 4.78 is 8.64. The lowest BCUT2D eigenvalue weighted by Crippen LogP contribution is -2.03. The SMILES string of the molecule is c1ccc(-c2nnc(-c3ccccc3)n2-c2ccccc2-c2ccccc2-c2cccc3c2oc2ccccc23)cc1. The van der Waals surface area contributed by atoms with E-state index >= 15 is 0 Å². The molecular weight excluding hydrogens is 514 g/mol. The van der Waals surface area contributed by atoms with Crippen LogP contribution in [0.4, 0.5) is 0 Å². The van der Waals surface area contributed by atoms with Gasteiger partial charge in [-0.1, -0.05) is 140 Å². The number of hydrogen-bond acceptors (Lipinski definition) is 3. The van der Waals surface area contributed by atoms with E-state index in [-0.39, 0.29) is 0 Å². The fourth-order valence-electron chi connectivity index (χ4n) is 5.87. The first-order chi connectivity index (χ1) is 20.9. The number of hydrogen-bond donors (Lipinski definition) is 0. The predicted octanol–water partition coefficient (Wildman–Crippen LogP) is 9.83. The second kappa shape index (κ2) is 10.0. The molecule has 0 aliphatic rings. The van der Waals surface area contributed by atoms with E-state index < -0.39 is 0 Å². The van der Waals surface area contributed by atoms with Gasteiger partial charge in [-0.05, 0) is 23.3 Å². The summed E-state index contributed by atoms with van der Waals surface area (Å²) in [6.45, 7) is 0. The van der Waals surface area contributed by atoms with Crippen LogP contribution in [0.1, 0.15) is 0 Å². The fourth-order valence-corrected chi connectivity index (χ4v) is 5.87. The molecule has 42 heavy (non-hydrogen) atoms. The van der Waals surface area contributed by atoms with Gasteiger partial charge in [0.1, 0.15) is 11.2 Å². The maximum atomic E-state index is 6.46. The number of aromatic nitrogens is 3. The third kappa shape index (κ3) is 3.93. The molecule has 6 aromatic carbocycles. The first-order valence-corrected chi connectivity index (χ1v) is 14.0. The zero-order chi connectivity index (χ0) is 27.9. The Bertz CT molecular complexity index is 2140. The van der Waals surface area contributed by atoms with Crippen LogP contribution in [0.25, 0.3) is 72.7 Å². The predicted molar refractivity (Wildman–Crippen MR) is 170 cm³/mol. The van der Waals surface area contributed by atoms with Gasteiger partial charge >= 0.3 is 0 Å². The molecule has 0 spiro atoms. The zero-order valence-electron chi connectivity index (χ0n) is 22.7. The monoisotopic (exact) mass is 539 g/mol. The van der Waals surface area contributed by atoms with Crippen molar-refractivity contribution in [2.24, 2.45) is 0 Å². The zero-order valence-corrected chi connectivity index (χ0v) is 22.7. The smallest absolute Gasteiger partial charge is 0.168 e. The van der Waals surface area contributed by atoms with Gasteiger partial charge in [-0.2, -0.15) is 0 Å². The summed E-state index contributed by atoms with van der Waals surface area (Å²) in [4.78, 5) is 0. The molecule has 0 unspecified atom stereocenters. The highest BCUT2D eigenvalue weighted by Crippen LogP contribution is 2.42. The van der Waals surface area contributed by atoms with Crippen molar-refractivity contribution in [2.75, 3.05) is 0 Å². The van der Waals surface area contributed by atoms with Crippen molar-refractivity contribution in [1.82, 2.24) is 14.8 Å². The van der Waals surface area contributed by atoms with Gasteiger partial charge in [-0.3, -0.25) is 4.57 Å². The van der Waals surface area contributed by atoms with Gasteiger partial charge in [0.05, 0.1) is 5.69 Å². The normalized spacial score (nSPS) is 11.3. The summed E-state index contributed by atoms with van der Waals surface area (Å²) in [7, 11) is 0. The molecule has 4 nitrogen and oxygen atoms in total. The first kappa shape index (κ1) is 24.1. The number of benzene rings is 6. The standard InChI is InChI=1S/C38H25N3O/c1-3-14-26(15-4-1)37-39-40-38(27-16-5-2-6-17-27)41(37)34-24-11-9-20-30(34)28-18-7-8-19-29(28)32-22-13-23-33-31-21-10-12-25-35(31)42-36(32)33/h1-25H. The van der Waals surface area contributed by atoms with Gasteiger partial charge in [-0.25, -0.2) is 0 Å². The molecule has 0 saturated carbocycles. The van der Waals surface area contributed by atoms with Gasteiger partial charge in [0.2, 0.25) is 0 Å². The Morgan fingerprint density at radius 3 is 1.60 bits per heavy atom. The van der Waals surface area contributed by atoms with Crippen molar-refractivity contribution in [3.05, 3.63) is 152 Å². The summed E-state index contributed by atoms with van der Waals surface area (Å²) >= 11 is 0. The number of fused-ring (bicyclic) bond motifs is 3. The highest BCUT2D eigenvalue weighted by atomic mass is 16.3. The maximum Gasteiger partial charge on any atom is 0.168 e. The summed E-state index contributed by atoms with van der Waals surface area (Å²) in [6.07, 6.45) is 0. The quantitative estimate of drug-likeness (QED) is 0.219. The molecule has 8 aromatic rings. The number of furan rings is 1. The van der Waals surface area contributed by atoms with Crippen LogP contribution in [0.5, 0.6) is 0 Å². The van der Waals surface area contributed by atoms with E-state index in [1.54, 1.807) is 0 Å². The van der Waals surface area contributed by atoms with Crippen LogP contribution in [0.2, 0.25) is 0 Å². The summed E-state index contributed by atoms with van der Waals surface area (Å²) in [5.41, 5.74) is 9.14. The van der Waals surface area contributed by atoms with E-state index in [9.17, 15) is 0 Å². The average Bonchev–Trinajstić information content (AvgIpc) is 3.68. The maximum absolute atomic E-state index is 6.46. The second-order valence-corrected chi connectivity index (χ2v) is 10.3. The van der Waals surface area contributed by atoms with Crippen LogP contribution in [0.3, 0.4) is 0 Å². The van der Waals surface area contributed by atoms with Crippen LogP contribution in [-0.4, -0.2) is 14.8 Å². The summed E-state index contributed by atoms with van der Waals surface area (Å²) in [6, 6.07) is 52.1. The molecular formula is C38H25N3O. The largest absolute Gasteiger partial charge is 0.455 e. The lowest BCUT2D eigenvalue weighted by Gasteiger charge is -2.18. The lowest BCUT2D eigenvalue weighted by molar-refractivity contribution is 0.670. The minimum Gasteiger partial charge on any atom is -0.455 e. The highest BCUT2D eigenvalue weighted by molar-refractivity contribution is 6.10. The van der Waals surface area contributed by atoms with E-state index in [0.717, 1.165) is 72.7 Å². The van der Waals surface area contributed by atoms with Crippen molar-refractivity contribution >= 4 is 21.9 Å². The lowest BCUT2D eigenvalue weighted by atomic mass is 9.92. The van der Waals surface area contributed by atoms with Crippen molar-refractivity contribution in [1.29, 1.82) is 0 Å². The van der Waals surface area contributed by atoms with Crippen LogP contribution in [0.15, 0.2) is 156 Å². The van der Waals surface area contributed by atoms with E-state index in [4.69, 9.17) is 14.6 Å². The molecule has 2 heterocycles. The van der Waals surface area contributed by atoms with Crippen LogP contribution in [0, 0.1) is 0 Å². The summed E-state index contributed by atoms with van der Waals surface area (Å²) in [5, 5.41) is 11.7. The van der Waals surface area contributed by atoms with Gasteiger partial charge in [-0.15, -0.1) is 10.2 Å². The topological polar surface area (TPSA) is 43.9 Å². The van der Waals surface area contributed by atoms with Crippen LogP contribution in [-0.2, 0) is 0 Å². The molecule has 0 saturated heterocycles. The van der Waals surface area contributed by atoms with E-state index in [1.165, 1.54) is 0 Å². The minimum atomic E-state index is 0.791. The van der Waals surface area contributed by atoms with Gasteiger partial charge in [0.25, 0.3) is 0 Å². The van der Waals surface area contributed by atoms with E-state index in [2.05, 4.69) is 108 Å². The Balaban J connectivity index is 1.39. The highest BCUT2D eigenvalue weighted by Gasteiger charge is 2.22. The van der Waals surface area contributed by atoms with Crippen molar-refractivity contribution in [3.8, 4) is 50.7 Å². The number of para-hydroxylation sites is 3. The molecule has 0 atom stereocenters. The minimum absolute atomic E-state index is 0.791. The molecule has 0 radical (unpaired) electrons. The first-order valence-electron chi connectivity index (χ1n) is 14.0. The van der Waals surface area contributed by atoms with Crippen LogP contribution >= 0.6 is 0 Å². The Labute approximate surface area is 243 Å². The Kier molecular flexibility index (Phi) is 5.75. The van der Waals surface area contributed by atoms with Crippen molar-refractivity contribution in [3.63, 3.8) is 0 Å². The third-order valence-corrected chi connectivity index (χ3v) is 7.78. The molecule has 198 valence electrons. The molecule has 4 heteroatoms. The molecule has 0 N–H and O–H groups in total. The van der Waals surface area contributed by atoms with E-state index in [0.29, 0.717) is 0 Å². The second-order valence-electron chi connectivity index (χ2n) is 10.3. The molecule has 2 aromatic heterocycles. The van der Waals surface area contributed by atoms with E-state index in [1.807, 2.05) is 48.5 Å². The Hall–Kier alpha value is -5.74. The molecule has 0 amide bonds. The molecule has 8 rings (SSSR count). The number of nitrogens with zero attached hydrogens (tertiary/aromatic N) is 3. The summed E-state index contributed by atoms with van der Waals surface area (Å²) in [5.74, 6) is 1.58. The number of rotatable bonds is 5. The van der Waals surface area contributed by atoms with Crippen LogP contribution < -0.4 is 0 Å². The van der Waals surface area contributed by atoms with Gasteiger partial charge in [0.15, 0.2) is 11.6 Å². The molecule has 0 fully saturated rings. The average molecular weight is 540 g/mol. The van der Waals surface area contributed by atoms with Crippen molar-refractivity contribution < 1.29 is 4.42 Å². The Morgan fingerprint density at radius 2 is 0.905 bits per heavy atom. The van der Waals surface area contributed by atoms with Gasteiger partial charge < -0.3 is 4.42 Å².